The fourth-order valence-corrected chi connectivity index (χ4v) is 3.50. The Morgan fingerprint density at radius 2 is 1.96 bits per heavy atom. The summed E-state index contributed by atoms with van der Waals surface area (Å²) in [6, 6.07) is 5.97. The normalized spacial score (nSPS) is 10.8. The number of carbonyl (C=O) groups is 1. The van der Waals surface area contributed by atoms with Crippen molar-refractivity contribution in [3.63, 3.8) is 0 Å². The summed E-state index contributed by atoms with van der Waals surface area (Å²) in [5.74, 6) is 0.851. The third kappa shape index (κ3) is 5.51. The topological polar surface area (TPSA) is 66.9 Å². The van der Waals surface area contributed by atoms with E-state index in [2.05, 4.69) is 34.7 Å². The minimum absolute atomic E-state index is 0.0284. The lowest BCUT2D eigenvalue weighted by molar-refractivity contribution is -0.113. The first kappa shape index (κ1) is 17.7. The van der Waals surface area contributed by atoms with Gasteiger partial charge in [-0.25, -0.2) is 0 Å². The SMILES string of the molecule is Cc1cccc(C)c1NC(=O)CSc1nnc(NCC(C)C)s1. The van der Waals surface area contributed by atoms with Crippen LogP contribution in [0.15, 0.2) is 22.5 Å². The van der Waals surface area contributed by atoms with Crippen LogP contribution in [0.5, 0.6) is 0 Å². The summed E-state index contributed by atoms with van der Waals surface area (Å²) < 4.78 is 0.799. The van der Waals surface area contributed by atoms with E-state index in [0.717, 1.165) is 32.8 Å². The molecular weight excluding hydrogens is 328 g/mol. The van der Waals surface area contributed by atoms with Gasteiger partial charge in [0.2, 0.25) is 11.0 Å². The molecule has 1 amide bonds. The molecule has 1 aromatic heterocycles. The molecule has 5 nitrogen and oxygen atoms in total. The molecule has 124 valence electrons. The largest absolute Gasteiger partial charge is 0.360 e. The summed E-state index contributed by atoms with van der Waals surface area (Å²) >= 11 is 2.89. The van der Waals surface area contributed by atoms with E-state index in [1.54, 1.807) is 0 Å². The van der Waals surface area contributed by atoms with Gasteiger partial charge in [-0.05, 0) is 30.9 Å². The quantitative estimate of drug-likeness (QED) is 0.740. The van der Waals surface area contributed by atoms with Crippen molar-refractivity contribution in [2.75, 3.05) is 22.9 Å². The highest BCUT2D eigenvalue weighted by Gasteiger charge is 2.10. The highest BCUT2D eigenvalue weighted by atomic mass is 32.2. The average molecular weight is 351 g/mol. The molecule has 0 aliphatic carbocycles. The Kier molecular flexibility index (Phi) is 6.41. The highest BCUT2D eigenvalue weighted by molar-refractivity contribution is 8.01. The molecule has 0 fully saturated rings. The number of anilines is 2. The number of benzene rings is 1. The van der Waals surface area contributed by atoms with Crippen molar-refractivity contribution < 1.29 is 4.79 Å². The summed E-state index contributed by atoms with van der Waals surface area (Å²) in [6.45, 7) is 9.13. The van der Waals surface area contributed by atoms with Crippen LogP contribution in [0.2, 0.25) is 0 Å². The van der Waals surface area contributed by atoms with Crippen LogP contribution < -0.4 is 10.6 Å². The van der Waals surface area contributed by atoms with Crippen LogP contribution in [-0.4, -0.2) is 28.4 Å². The number of hydrogen-bond acceptors (Lipinski definition) is 6. The van der Waals surface area contributed by atoms with Crippen molar-refractivity contribution in [3.05, 3.63) is 29.3 Å². The zero-order valence-electron chi connectivity index (χ0n) is 13.8. The number of amides is 1. The molecule has 0 atom stereocenters. The van der Waals surface area contributed by atoms with Crippen molar-refractivity contribution >= 4 is 39.8 Å². The Morgan fingerprint density at radius 3 is 2.61 bits per heavy atom. The Morgan fingerprint density at radius 1 is 1.26 bits per heavy atom. The van der Waals surface area contributed by atoms with Gasteiger partial charge >= 0.3 is 0 Å². The first-order valence-electron chi connectivity index (χ1n) is 7.52. The summed E-state index contributed by atoms with van der Waals surface area (Å²) in [5, 5.41) is 15.2. The second kappa shape index (κ2) is 8.31. The molecule has 0 saturated carbocycles. The molecule has 0 aliphatic heterocycles. The lowest BCUT2D eigenvalue weighted by Gasteiger charge is -2.10. The summed E-state index contributed by atoms with van der Waals surface area (Å²) in [6.07, 6.45) is 0. The minimum atomic E-state index is -0.0284. The summed E-state index contributed by atoms with van der Waals surface area (Å²) in [5.41, 5.74) is 3.04. The number of hydrogen-bond donors (Lipinski definition) is 2. The maximum atomic E-state index is 12.1. The fourth-order valence-electron chi connectivity index (χ4n) is 1.95. The molecular formula is C16H22N4OS2. The summed E-state index contributed by atoms with van der Waals surface area (Å²) in [4.78, 5) is 12.1. The van der Waals surface area contributed by atoms with Crippen molar-refractivity contribution in [2.24, 2.45) is 5.92 Å². The van der Waals surface area contributed by atoms with Crippen molar-refractivity contribution in [1.29, 1.82) is 0 Å². The average Bonchev–Trinajstić information content (AvgIpc) is 2.95. The third-order valence-electron chi connectivity index (χ3n) is 3.14. The molecule has 0 radical (unpaired) electrons. The van der Waals surface area contributed by atoms with E-state index in [-0.39, 0.29) is 5.91 Å². The lowest BCUT2D eigenvalue weighted by Crippen LogP contribution is -2.15. The number of nitrogens with zero attached hydrogens (tertiary/aromatic N) is 2. The molecule has 23 heavy (non-hydrogen) atoms. The van der Waals surface area contributed by atoms with E-state index in [1.165, 1.54) is 23.1 Å². The van der Waals surface area contributed by atoms with Crippen LogP contribution in [0, 0.1) is 19.8 Å². The standard InChI is InChI=1S/C16H22N4OS2/c1-10(2)8-17-15-19-20-16(23-15)22-9-13(21)18-14-11(3)6-5-7-12(14)4/h5-7,10H,8-9H2,1-4H3,(H,17,19)(H,18,21). The number of para-hydroxylation sites is 1. The van der Waals surface area contributed by atoms with E-state index in [1.807, 2.05) is 32.0 Å². The predicted octanol–water partition coefficient (Wildman–Crippen LogP) is 3.95. The molecule has 1 aromatic carbocycles. The Hall–Kier alpha value is -1.60. The minimum Gasteiger partial charge on any atom is -0.360 e. The van der Waals surface area contributed by atoms with E-state index in [9.17, 15) is 4.79 Å². The van der Waals surface area contributed by atoms with E-state index in [0.29, 0.717) is 11.7 Å². The van der Waals surface area contributed by atoms with Crippen molar-refractivity contribution in [1.82, 2.24) is 10.2 Å². The van der Waals surface area contributed by atoms with Crippen LogP contribution in [0.3, 0.4) is 0 Å². The van der Waals surface area contributed by atoms with Crippen LogP contribution in [0.1, 0.15) is 25.0 Å². The number of aromatic nitrogens is 2. The van der Waals surface area contributed by atoms with Gasteiger partial charge in [0.15, 0.2) is 4.34 Å². The van der Waals surface area contributed by atoms with Gasteiger partial charge in [-0.1, -0.05) is 55.1 Å². The highest BCUT2D eigenvalue weighted by Crippen LogP contribution is 2.26. The van der Waals surface area contributed by atoms with Crippen LogP contribution >= 0.6 is 23.1 Å². The van der Waals surface area contributed by atoms with Crippen LogP contribution in [-0.2, 0) is 4.79 Å². The fraction of sp³-hybridized carbons (Fsp3) is 0.438. The Bertz CT molecular complexity index is 650. The van der Waals surface area contributed by atoms with Gasteiger partial charge in [-0.2, -0.15) is 0 Å². The maximum absolute atomic E-state index is 12.1. The molecule has 2 rings (SSSR count). The number of aryl methyl sites for hydroxylation is 2. The van der Waals surface area contributed by atoms with E-state index < -0.39 is 0 Å². The molecule has 0 saturated heterocycles. The smallest absolute Gasteiger partial charge is 0.234 e. The molecule has 0 bridgehead atoms. The molecule has 0 spiro atoms. The molecule has 0 unspecified atom stereocenters. The predicted molar refractivity (Wildman–Crippen MR) is 98.5 cm³/mol. The second-order valence-electron chi connectivity index (χ2n) is 5.75. The van der Waals surface area contributed by atoms with E-state index >= 15 is 0 Å². The monoisotopic (exact) mass is 350 g/mol. The first-order chi connectivity index (χ1) is 11.0. The number of thioether (sulfide) groups is 1. The molecule has 2 aromatic rings. The first-order valence-corrected chi connectivity index (χ1v) is 9.32. The van der Waals surface area contributed by atoms with Gasteiger partial charge in [0.05, 0.1) is 5.75 Å². The molecule has 7 heteroatoms. The van der Waals surface area contributed by atoms with Crippen LogP contribution in [0.4, 0.5) is 10.8 Å². The van der Waals surface area contributed by atoms with Gasteiger partial charge in [0.25, 0.3) is 0 Å². The third-order valence-corrected chi connectivity index (χ3v) is 5.15. The van der Waals surface area contributed by atoms with Crippen molar-refractivity contribution in [3.8, 4) is 0 Å². The van der Waals surface area contributed by atoms with Gasteiger partial charge < -0.3 is 10.6 Å². The maximum Gasteiger partial charge on any atom is 0.234 e. The number of nitrogens with one attached hydrogen (secondary N) is 2. The summed E-state index contributed by atoms with van der Waals surface area (Å²) in [7, 11) is 0. The number of carbonyl (C=O) groups excluding carboxylic acids is 1. The van der Waals surface area contributed by atoms with Gasteiger partial charge in [-0.15, -0.1) is 10.2 Å². The zero-order chi connectivity index (χ0) is 16.8. The van der Waals surface area contributed by atoms with Crippen molar-refractivity contribution in [2.45, 2.75) is 32.0 Å². The van der Waals surface area contributed by atoms with Gasteiger partial charge in [-0.3, -0.25) is 4.79 Å². The molecule has 2 N–H and O–H groups in total. The molecule has 1 heterocycles. The van der Waals surface area contributed by atoms with Crippen LogP contribution in [0.25, 0.3) is 0 Å². The Labute approximate surface area is 145 Å². The Balaban J connectivity index is 1.85. The zero-order valence-corrected chi connectivity index (χ0v) is 15.5. The molecule has 0 aliphatic rings. The second-order valence-corrected chi connectivity index (χ2v) is 7.95. The van der Waals surface area contributed by atoms with E-state index in [4.69, 9.17) is 0 Å². The lowest BCUT2D eigenvalue weighted by atomic mass is 10.1. The van der Waals surface area contributed by atoms with Gasteiger partial charge in [0, 0.05) is 12.2 Å². The number of rotatable bonds is 7. The van der Waals surface area contributed by atoms with Gasteiger partial charge in [0.1, 0.15) is 0 Å².